The van der Waals surface area contributed by atoms with Gasteiger partial charge >= 0.3 is 0 Å². The molecule has 2 aromatic carbocycles. The zero-order valence-corrected chi connectivity index (χ0v) is 17.1. The van der Waals surface area contributed by atoms with Gasteiger partial charge in [0.1, 0.15) is 0 Å². The maximum absolute atomic E-state index is 4.53. The zero-order chi connectivity index (χ0) is 20.1. The van der Waals surface area contributed by atoms with E-state index in [4.69, 9.17) is 0 Å². The summed E-state index contributed by atoms with van der Waals surface area (Å²) in [5.41, 5.74) is 4.73. The van der Waals surface area contributed by atoms with Crippen LogP contribution in [0.4, 0.5) is 23.1 Å². The van der Waals surface area contributed by atoms with E-state index in [0.29, 0.717) is 18.3 Å². The number of nitrogens with zero attached hydrogens (tertiary/aromatic N) is 4. The standard InChI is InChI=1S/C23H28N6/c1-17-11-13-29(14-12-17)21-9-7-20(8-10-21)26-22-16-25-28-23(27-22)24-15-19-6-4-3-5-18(19)2/h3-10,16-17H,11-15H2,1-2H3,(H2,24,26,27,28). The molecule has 1 aromatic heterocycles. The number of rotatable bonds is 6. The number of benzene rings is 2. The first-order valence-corrected chi connectivity index (χ1v) is 10.3. The fourth-order valence-corrected chi connectivity index (χ4v) is 3.59. The van der Waals surface area contributed by atoms with E-state index in [0.717, 1.165) is 24.7 Å². The molecule has 2 N–H and O–H groups in total. The Labute approximate surface area is 172 Å². The minimum atomic E-state index is 0.511. The lowest BCUT2D eigenvalue weighted by atomic mass is 9.99. The van der Waals surface area contributed by atoms with Crippen LogP contribution in [0.2, 0.25) is 0 Å². The van der Waals surface area contributed by atoms with Gasteiger partial charge in [-0.3, -0.25) is 0 Å². The largest absolute Gasteiger partial charge is 0.372 e. The fourth-order valence-electron chi connectivity index (χ4n) is 3.59. The molecule has 0 radical (unpaired) electrons. The second-order valence-electron chi connectivity index (χ2n) is 7.79. The van der Waals surface area contributed by atoms with Crippen LogP contribution in [-0.4, -0.2) is 28.3 Å². The number of aromatic nitrogens is 3. The highest BCUT2D eigenvalue weighted by molar-refractivity contribution is 5.61. The number of hydrogen-bond donors (Lipinski definition) is 2. The molecule has 6 nitrogen and oxygen atoms in total. The van der Waals surface area contributed by atoms with E-state index in [1.165, 1.54) is 29.7 Å². The quantitative estimate of drug-likeness (QED) is 0.634. The summed E-state index contributed by atoms with van der Waals surface area (Å²) in [4.78, 5) is 6.99. The molecule has 150 valence electrons. The first-order chi connectivity index (χ1) is 14.2. The summed E-state index contributed by atoms with van der Waals surface area (Å²) in [6, 6.07) is 16.8. The molecule has 4 rings (SSSR count). The number of hydrogen-bond acceptors (Lipinski definition) is 6. The maximum atomic E-state index is 4.53. The summed E-state index contributed by atoms with van der Waals surface area (Å²) in [6.07, 6.45) is 4.18. The molecular formula is C23H28N6. The predicted molar refractivity (Wildman–Crippen MR) is 119 cm³/mol. The summed E-state index contributed by atoms with van der Waals surface area (Å²) < 4.78 is 0. The lowest BCUT2D eigenvalue weighted by Gasteiger charge is -2.32. The van der Waals surface area contributed by atoms with Crippen LogP contribution in [0.1, 0.15) is 30.9 Å². The van der Waals surface area contributed by atoms with Gasteiger partial charge < -0.3 is 15.5 Å². The predicted octanol–water partition coefficient (Wildman–Crippen LogP) is 4.77. The minimum absolute atomic E-state index is 0.511. The molecule has 1 aliphatic heterocycles. The second-order valence-corrected chi connectivity index (χ2v) is 7.79. The van der Waals surface area contributed by atoms with Crippen molar-refractivity contribution in [3.63, 3.8) is 0 Å². The Morgan fingerprint density at radius 1 is 1.03 bits per heavy atom. The van der Waals surface area contributed by atoms with Crippen molar-refractivity contribution in [3.05, 3.63) is 65.9 Å². The van der Waals surface area contributed by atoms with Gasteiger partial charge in [0.2, 0.25) is 5.95 Å². The maximum Gasteiger partial charge on any atom is 0.244 e. The van der Waals surface area contributed by atoms with Crippen molar-refractivity contribution >= 4 is 23.1 Å². The summed E-state index contributed by atoms with van der Waals surface area (Å²) in [5, 5.41) is 14.7. The molecule has 1 fully saturated rings. The van der Waals surface area contributed by atoms with Crippen molar-refractivity contribution in [1.29, 1.82) is 0 Å². The first-order valence-electron chi connectivity index (χ1n) is 10.3. The molecule has 0 saturated carbocycles. The Balaban J connectivity index is 1.37. The van der Waals surface area contributed by atoms with Crippen molar-refractivity contribution in [3.8, 4) is 0 Å². The van der Waals surface area contributed by atoms with Crippen molar-refractivity contribution in [2.75, 3.05) is 28.6 Å². The molecule has 0 unspecified atom stereocenters. The lowest BCUT2D eigenvalue weighted by molar-refractivity contribution is 0.438. The Bertz CT molecular complexity index is 932. The van der Waals surface area contributed by atoms with E-state index < -0.39 is 0 Å². The number of piperidine rings is 1. The monoisotopic (exact) mass is 388 g/mol. The van der Waals surface area contributed by atoms with Crippen LogP contribution >= 0.6 is 0 Å². The van der Waals surface area contributed by atoms with Crippen LogP contribution in [0.25, 0.3) is 0 Å². The molecule has 0 aliphatic carbocycles. The molecule has 0 bridgehead atoms. The van der Waals surface area contributed by atoms with E-state index in [2.05, 4.69) is 81.0 Å². The van der Waals surface area contributed by atoms with E-state index in [9.17, 15) is 0 Å². The summed E-state index contributed by atoms with van der Waals surface area (Å²) in [6.45, 7) is 7.38. The van der Waals surface area contributed by atoms with Crippen molar-refractivity contribution in [1.82, 2.24) is 15.2 Å². The minimum Gasteiger partial charge on any atom is -0.372 e. The van der Waals surface area contributed by atoms with Gasteiger partial charge in [0.05, 0.1) is 6.20 Å². The lowest BCUT2D eigenvalue weighted by Crippen LogP contribution is -2.32. The Morgan fingerprint density at radius 2 is 1.79 bits per heavy atom. The van der Waals surface area contributed by atoms with Gasteiger partial charge in [0.15, 0.2) is 5.82 Å². The third-order valence-corrected chi connectivity index (χ3v) is 5.55. The van der Waals surface area contributed by atoms with Gasteiger partial charge in [0, 0.05) is 31.0 Å². The molecule has 1 aliphatic rings. The number of nitrogens with one attached hydrogen (secondary N) is 2. The highest BCUT2D eigenvalue weighted by Gasteiger charge is 2.15. The molecular weight excluding hydrogens is 360 g/mol. The molecule has 3 aromatic rings. The topological polar surface area (TPSA) is 66.0 Å². The number of aryl methyl sites for hydroxylation is 1. The van der Waals surface area contributed by atoms with Crippen molar-refractivity contribution < 1.29 is 0 Å². The van der Waals surface area contributed by atoms with Crippen LogP contribution in [0.3, 0.4) is 0 Å². The molecule has 6 heteroatoms. The van der Waals surface area contributed by atoms with Gasteiger partial charge in [-0.1, -0.05) is 31.2 Å². The van der Waals surface area contributed by atoms with Crippen molar-refractivity contribution in [2.45, 2.75) is 33.2 Å². The smallest absolute Gasteiger partial charge is 0.244 e. The average Bonchev–Trinajstić information content (AvgIpc) is 2.75. The normalized spacial score (nSPS) is 14.6. The van der Waals surface area contributed by atoms with Gasteiger partial charge in [-0.2, -0.15) is 10.1 Å². The fraction of sp³-hybridized carbons (Fsp3) is 0.348. The van der Waals surface area contributed by atoms with Crippen LogP contribution in [-0.2, 0) is 6.54 Å². The summed E-state index contributed by atoms with van der Waals surface area (Å²) >= 11 is 0. The van der Waals surface area contributed by atoms with Crippen LogP contribution in [0.15, 0.2) is 54.7 Å². The van der Waals surface area contributed by atoms with E-state index >= 15 is 0 Å². The molecule has 0 spiro atoms. The Hall–Kier alpha value is -3.15. The van der Waals surface area contributed by atoms with E-state index in [1.54, 1.807) is 6.20 Å². The van der Waals surface area contributed by atoms with Crippen LogP contribution < -0.4 is 15.5 Å². The average molecular weight is 389 g/mol. The van der Waals surface area contributed by atoms with Crippen molar-refractivity contribution in [2.24, 2.45) is 5.92 Å². The molecule has 1 saturated heterocycles. The third-order valence-electron chi connectivity index (χ3n) is 5.55. The SMILES string of the molecule is Cc1ccccc1CNc1nncc(Nc2ccc(N3CCC(C)CC3)cc2)n1. The summed E-state index contributed by atoms with van der Waals surface area (Å²) in [5.74, 6) is 2.02. The molecule has 2 heterocycles. The zero-order valence-electron chi connectivity index (χ0n) is 17.1. The number of anilines is 4. The van der Waals surface area contributed by atoms with Gasteiger partial charge in [-0.15, -0.1) is 5.10 Å². The molecule has 29 heavy (non-hydrogen) atoms. The third kappa shape index (κ3) is 5.02. The second kappa shape index (κ2) is 8.90. The van der Waals surface area contributed by atoms with Crippen LogP contribution in [0.5, 0.6) is 0 Å². The highest BCUT2D eigenvalue weighted by atomic mass is 15.3. The van der Waals surface area contributed by atoms with Gasteiger partial charge in [-0.05, 0) is 61.1 Å². The molecule has 0 amide bonds. The van der Waals surface area contributed by atoms with E-state index in [-0.39, 0.29) is 0 Å². The highest BCUT2D eigenvalue weighted by Crippen LogP contribution is 2.25. The molecule has 0 atom stereocenters. The summed E-state index contributed by atoms with van der Waals surface area (Å²) in [7, 11) is 0. The first kappa shape index (κ1) is 19.2. The Morgan fingerprint density at radius 3 is 2.55 bits per heavy atom. The van der Waals surface area contributed by atoms with Gasteiger partial charge in [-0.25, -0.2) is 0 Å². The van der Waals surface area contributed by atoms with E-state index in [1.807, 2.05) is 12.1 Å². The van der Waals surface area contributed by atoms with Gasteiger partial charge in [0.25, 0.3) is 0 Å². The Kier molecular flexibility index (Phi) is 5.89. The van der Waals surface area contributed by atoms with Crippen LogP contribution in [0, 0.1) is 12.8 Å².